The predicted molar refractivity (Wildman–Crippen MR) is 110 cm³/mol. The van der Waals surface area contributed by atoms with Gasteiger partial charge in [0.1, 0.15) is 5.75 Å². The van der Waals surface area contributed by atoms with Gasteiger partial charge in [-0.15, -0.1) is 22.7 Å². The van der Waals surface area contributed by atoms with E-state index in [-0.39, 0.29) is 5.91 Å². The summed E-state index contributed by atoms with van der Waals surface area (Å²) in [5, 5.41) is 1.22. The van der Waals surface area contributed by atoms with Gasteiger partial charge in [-0.2, -0.15) is 0 Å². The first-order chi connectivity index (χ1) is 12.7. The molecule has 1 aliphatic heterocycles. The molecule has 0 spiro atoms. The van der Waals surface area contributed by atoms with Crippen LogP contribution in [0.2, 0.25) is 0 Å². The van der Waals surface area contributed by atoms with Crippen molar-refractivity contribution < 1.29 is 9.53 Å². The molecule has 1 saturated heterocycles. The van der Waals surface area contributed by atoms with Gasteiger partial charge >= 0.3 is 0 Å². The Balaban J connectivity index is 1.45. The SMILES string of the molecule is CCc1cc2cc(C(=O)N3CCN(c4ccccc4OC)CC3)sc2s1. The maximum absolute atomic E-state index is 12.9. The van der Waals surface area contributed by atoms with E-state index in [1.807, 2.05) is 34.4 Å². The number of hydrogen-bond acceptors (Lipinski definition) is 5. The second-order valence-electron chi connectivity index (χ2n) is 6.37. The topological polar surface area (TPSA) is 32.8 Å². The van der Waals surface area contributed by atoms with Crippen LogP contribution in [0.3, 0.4) is 0 Å². The largest absolute Gasteiger partial charge is 0.495 e. The highest BCUT2D eigenvalue weighted by molar-refractivity contribution is 7.39. The summed E-state index contributed by atoms with van der Waals surface area (Å²) in [6.45, 7) is 5.30. The van der Waals surface area contributed by atoms with Gasteiger partial charge in [0.2, 0.25) is 0 Å². The Bertz CT molecular complexity index is 891. The molecule has 1 aromatic carbocycles. The van der Waals surface area contributed by atoms with E-state index < -0.39 is 0 Å². The number of nitrogens with zero attached hydrogens (tertiary/aromatic N) is 2. The van der Waals surface area contributed by atoms with Crippen LogP contribution in [-0.2, 0) is 6.42 Å². The van der Waals surface area contributed by atoms with Crippen LogP contribution in [0.15, 0.2) is 36.4 Å². The lowest BCUT2D eigenvalue weighted by atomic mass is 10.2. The lowest BCUT2D eigenvalue weighted by Crippen LogP contribution is -2.48. The smallest absolute Gasteiger partial charge is 0.264 e. The Morgan fingerprint density at radius 1 is 1.12 bits per heavy atom. The van der Waals surface area contributed by atoms with Crippen LogP contribution in [0.4, 0.5) is 5.69 Å². The van der Waals surface area contributed by atoms with E-state index in [2.05, 4.69) is 30.0 Å². The molecule has 0 atom stereocenters. The van der Waals surface area contributed by atoms with Crippen molar-refractivity contribution in [2.45, 2.75) is 13.3 Å². The summed E-state index contributed by atoms with van der Waals surface area (Å²) in [6, 6.07) is 12.3. The van der Waals surface area contributed by atoms with Gasteiger partial charge < -0.3 is 14.5 Å². The van der Waals surface area contributed by atoms with E-state index in [1.165, 1.54) is 14.3 Å². The number of ether oxygens (including phenoxy) is 1. The number of fused-ring (bicyclic) bond motifs is 1. The highest BCUT2D eigenvalue weighted by atomic mass is 32.2. The summed E-state index contributed by atoms with van der Waals surface area (Å²) in [6.07, 6.45) is 1.06. The maximum Gasteiger partial charge on any atom is 0.264 e. The fourth-order valence-electron chi connectivity index (χ4n) is 3.37. The standard InChI is InChI=1S/C20H22N2O2S2/c1-3-15-12-14-13-18(26-20(14)25-15)19(23)22-10-8-21(9-11-22)16-6-4-5-7-17(16)24-2/h4-7,12-13H,3,8-11H2,1-2H3. The molecule has 4 rings (SSSR count). The van der Waals surface area contributed by atoms with Crippen LogP contribution in [0.1, 0.15) is 21.5 Å². The van der Waals surface area contributed by atoms with Crippen LogP contribution in [-0.4, -0.2) is 44.1 Å². The van der Waals surface area contributed by atoms with E-state index in [4.69, 9.17) is 4.74 Å². The molecule has 3 heterocycles. The summed E-state index contributed by atoms with van der Waals surface area (Å²) < 4.78 is 6.73. The molecule has 0 aliphatic carbocycles. The molecule has 0 bridgehead atoms. The number of rotatable bonds is 4. The van der Waals surface area contributed by atoms with Gasteiger partial charge in [0, 0.05) is 36.4 Å². The number of carbonyl (C=O) groups is 1. The third kappa shape index (κ3) is 3.19. The van der Waals surface area contributed by atoms with Gasteiger partial charge in [-0.1, -0.05) is 19.1 Å². The molecular weight excluding hydrogens is 364 g/mol. The zero-order chi connectivity index (χ0) is 18.1. The maximum atomic E-state index is 12.9. The summed E-state index contributed by atoms with van der Waals surface area (Å²) in [7, 11) is 1.70. The molecule has 1 amide bonds. The molecule has 0 N–H and O–H groups in total. The number of para-hydroxylation sites is 2. The van der Waals surface area contributed by atoms with Crippen molar-refractivity contribution in [3.05, 3.63) is 46.2 Å². The Morgan fingerprint density at radius 2 is 1.88 bits per heavy atom. The number of methoxy groups -OCH3 is 1. The quantitative estimate of drug-likeness (QED) is 0.662. The van der Waals surface area contributed by atoms with Gasteiger partial charge in [0.15, 0.2) is 0 Å². The Kier molecular flexibility index (Phi) is 4.87. The fraction of sp³-hybridized carbons (Fsp3) is 0.350. The lowest BCUT2D eigenvalue weighted by molar-refractivity contribution is 0.0751. The number of amides is 1. The minimum atomic E-state index is 0.163. The molecule has 1 fully saturated rings. The normalized spacial score (nSPS) is 14.8. The van der Waals surface area contributed by atoms with Crippen LogP contribution in [0.5, 0.6) is 5.75 Å². The highest BCUT2D eigenvalue weighted by Gasteiger charge is 2.25. The van der Waals surface area contributed by atoms with Crippen LogP contribution in [0, 0.1) is 0 Å². The van der Waals surface area contributed by atoms with E-state index in [0.29, 0.717) is 0 Å². The first-order valence-electron chi connectivity index (χ1n) is 8.89. The van der Waals surface area contributed by atoms with Crippen molar-refractivity contribution in [2.75, 3.05) is 38.2 Å². The number of benzene rings is 1. The van der Waals surface area contributed by atoms with Crippen molar-refractivity contribution in [1.82, 2.24) is 4.90 Å². The Hall–Kier alpha value is -2.05. The number of aryl methyl sites for hydroxylation is 1. The van der Waals surface area contributed by atoms with E-state index in [0.717, 1.165) is 48.9 Å². The molecule has 2 aromatic heterocycles. The van der Waals surface area contributed by atoms with Crippen molar-refractivity contribution in [3.8, 4) is 5.75 Å². The third-order valence-electron chi connectivity index (χ3n) is 4.82. The number of hydrogen-bond donors (Lipinski definition) is 0. The predicted octanol–water partition coefficient (Wildman–Crippen LogP) is 4.50. The summed E-state index contributed by atoms with van der Waals surface area (Å²) in [5.41, 5.74) is 1.10. The zero-order valence-electron chi connectivity index (χ0n) is 15.0. The van der Waals surface area contributed by atoms with Gasteiger partial charge in [0.05, 0.1) is 21.7 Å². The molecule has 0 radical (unpaired) electrons. The van der Waals surface area contributed by atoms with Crippen molar-refractivity contribution in [1.29, 1.82) is 0 Å². The monoisotopic (exact) mass is 386 g/mol. The Morgan fingerprint density at radius 3 is 2.58 bits per heavy atom. The average molecular weight is 387 g/mol. The van der Waals surface area contributed by atoms with Crippen LogP contribution in [0.25, 0.3) is 9.40 Å². The summed E-state index contributed by atoms with van der Waals surface area (Å²) >= 11 is 3.44. The lowest BCUT2D eigenvalue weighted by Gasteiger charge is -2.36. The summed E-state index contributed by atoms with van der Waals surface area (Å²) in [4.78, 5) is 19.4. The van der Waals surface area contributed by atoms with Gasteiger partial charge in [-0.3, -0.25) is 4.79 Å². The molecule has 6 heteroatoms. The van der Waals surface area contributed by atoms with Gasteiger partial charge in [-0.25, -0.2) is 0 Å². The van der Waals surface area contributed by atoms with Crippen LogP contribution >= 0.6 is 22.7 Å². The molecule has 26 heavy (non-hydrogen) atoms. The van der Waals surface area contributed by atoms with E-state index in [1.54, 1.807) is 18.4 Å². The third-order valence-corrected chi connectivity index (χ3v) is 7.34. The molecule has 1 aliphatic rings. The van der Waals surface area contributed by atoms with Crippen LogP contribution < -0.4 is 9.64 Å². The number of anilines is 1. The number of thiophene rings is 2. The first kappa shape index (κ1) is 17.4. The van der Waals surface area contributed by atoms with Gasteiger partial charge in [0.25, 0.3) is 5.91 Å². The Labute approximate surface area is 161 Å². The fourth-order valence-corrected chi connectivity index (χ4v) is 5.77. The average Bonchev–Trinajstić information content (AvgIpc) is 3.26. The second-order valence-corrected chi connectivity index (χ2v) is 8.82. The molecule has 0 unspecified atom stereocenters. The minimum Gasteiger partial charge on any atom is -0.495 e. The highest BCUT2D eigenvalue weighted by Crippen LogP contribution is 2.35. The minimum absolute atomic E-state index is 0.163. The van der Waals surface area contributed by atoms with Crippen molar-refractivity contribution in [3.63, 3.8) is 0 Å². The first-order valence-corrected chi connectivity index (χ1v) is 10.5. The zero-order valence-corrected chi connectivity index (χ0v) is 16.7. The molecule has 136 valence electrons. The summed E-state index contributed by atoms with van der Waals surface area (Å²) in [5.74, 6) is 1.05. The van der Waals surface area contributed by atoms with E-state index in [9.17, 15) is 4.79 Å². The number of carbonyl (C=O) groups excluding carboxylic acids is 1. The van der Waals surface area contributed by atoms with Gasteiger partial charge in [-0.05, 0) is 30.7 Å². The van der Waals surface area contributed by atoms with Crippen molar-refractivity contribution in [2.24, 2.45) is 0 Å². The molecule has 4 nitrogen and oxygen atoms in total. The molecule has 3 aromatic rings. The molecular formula is C20H22N2O2S2. The second kappa shape index (κ2) is 7.29. The van der Waals surface area contributed by atoms with Crippen molar-refractivity contribution >= 4 is 43.7 Å². The van der Waals surface area contributed by atoms with E-state index >= 15 is 0 Å². The number of piperazine rings is 1. The molecule has 0 saturated carbocycles.